The lowest BCUT2D eigenvalue weighted by atomic mass is 9.98. The number of hydrogen-bond donors (Lipinski definition) is 1. The summed E-state index contributed by atoms with van der Waals surface area (Å²) in [4.78, 5) is 4.11. The summed E-state index contributed by atoms with van der Waals surface area (Å²) in [5.41, 5.74) is 8.32. The van der Waals surface area contributed by atoms with Crippen LogP contribution >= 0.6 is 0 Å². The highest BCUT2D eigenvalue weighted by atomic mass is 15.1. The standard InChI is InChI=1S/C14H19N3/c1-11(13-6-4-3-5-7-13)8-9-17-12(2)10-16-14(17)15/h3-7,10-11H,8-9H2,1-2H3,(H2,15,16). The van der Waals surface area contributed by atoms with Crippen molar-refractivity contribution in [2.24, 2.45) is 0 Å². The highest BCUT2D eigenvalue weighted by Gasteiger charge is 2.08. The Morgan fingerprint density at radius 1 is 1.29 bits per heavy atom. The van der Waals surface area contributed by atoms with E-state index >= 15 is 0 Å². The van der Waals surface area contributed by atoms with E-state index in [1.165, 1.54) is 5.56 Å². The number of hydrogen-bond acceptors (Lipinski definition) is 2. The first-order chi connectivity index (χ1) is 8.18. The van der Waals surface area contributed by atoms with E-state index in [2.05, 4.69) is 40.7 Å². The molecular weight excluding hydrogens is 210 g/mol. The Balaban J connectivity index is 1.99. The van der Waals surface area contributed by atoms with E-state index in [1.807, 2.05) is 19.2 Å². The molecule has 1 heterocycles. The molecular formula is C14H19N3. The van der Waals surface area contributed by atoms with Crippen LogP contribution in [-0.2, 0) is 6.54 Å². The number of nitrogens with zero attached hydrogens (tertiary/aromatic N) is 2. The van der Waals surface area contributed by atoms with Gasteiger partial charge in [-0.15, -0.1) is 0 Å². The van der Waals surface area contributed by atoms with Crippen molar-refractivity contribution in [1.29, 1.82) is 0 Å². The molecule has 0 bridgehead atoms. The molecule has 0 aliphatic heterocycles. The lowest BCUT2D eigenvalue weighted by molar-refractivity contribution is 0.573. The van der Waals surface area contributed by atoms with Gasteiger partial charge in [-0.1, -0.05) is 37.3 Å². The predicted octanol–water partition coefficient (Wildman–Crippen LogP) is 2.97. The lowest BCUT2D eigenvalue weighted by Crippen LogP contribution is -2.07. The molecule has 2 aromatic rings. The fraction of sp³-hybridized carbons (Fsp3) is 0.357. The summed E-state index contributed by atoms with van der Waals surface area (Å²) >= 11 is 0. The van der Waals surface area contributed by atoms with Crippen molar-refractivity contribution in [3.8, 4) is 0 Å². The minimum atomic E-state index is 0.539. The molecule has 0 amide bonds. The minimum Gasteiger partial charge on any atom is -0.369 e. The number of nitrogens with two attached hydrogens (primary N) is 1. The number of aryl methyl sites for hydroxylation is 1. The minimum absolute atomic E-state index is 0.539. The highest BCUT2D eigenvalue weighted by molar-refractivity contribution is 5.22. The Morgan fingerprint density at radius 3 is 2.59 bits per heavy atom. The van der Waals surface area contributed by atoms with E-state index in [9.17, 15) is 0 Å². The average Bonchev–Trinajstić information content (AvgIpc) is 2.67. The summed E-state index contributed by atoms with van der Waals surface area (Å²) in [6.07, 6.45) is 2.90. The molecule has 1 aromatic heterocycles. The Morgan fingerprint density at radius 2 is 2.00 bits per heavy atom. The van der Waals surface area contributed by atoms with Gasteiger partial charge in [-0.3, -0.25) is 0 Å². The zero-order chi connectivity index (χ0) is 12.3. The van der Waals surface area contributed by atoms with Crippen molar-refractivity contribution in [3.63, 3.8) is 0 Å². The van der Waals surface area contributed by atoms with Crippen LogP contribution in [0.2, 0.25) is 0 Å². The number of anilines is 1. The van der Waals surface area contributed by atoms with Crippen LogP contribution in [0, 0.1) is 6.92 Å². The number of nitrogen functional groups attached to an aromatic ring is 1. The van der Waals surface area contributed by atoms with Crippen molar-refractivity contribution < 1.29 is 0 Å². The monoisotopic (exact) mass is 229 g/mol. The second-order valence-electron chi connectivity index (χ2n) is 4.51. The zero-order valence-electron chi connectivity index (χ0n) is 10.4. The summed E-state index contributed by atoms with van der Waals surface area (Å²) < 4.78 is 2.07. The summed E-state index contributed by atoms with van der Waals surface area (Å²) in [5, 5.41) is 0. The Kier molecular flexibility index (Phi) is 3.47. The van der Waals surface area contributed by atoms with E-state index in [0.29, 0.717) is 11.9 Å². The summed E-state index contributed by atoms with van der Waals surface area (Å²) in [5.74, 6) is 1.15. The molecule has 3 heteroatoms. The fourth-order valence-electron chi connectivity index (χ4n) is 2.04. The average molecular weight is 229 g/mol. The molecule has 0 radical (unpaired) electrons. The smallest absolute Gasteiger partial charge is 0.200 e. The maximum Gasteiger partial charge on any atom is 0.200 e. The summed E-state index contributed by atoms with van der Waals surface area (Å²) in [6, 6.07) is 10.6. The van der Waals surface area contributed by atoms with E-state index in [-0.39, 0.29) is 0 Å². The lowest BCUT2D eigenvalue weighted by Gasteiger charge is -2.13. The van der Waals surface area contributed by atoms with Gasteiger partial charge < -0.3 is 10.3 Å². The van der Waals surface area contributed by atoms with Crippen molar-refractivity contribution in [2.45, 2.75) is 32.7 Å². The summed E-state index contributed by atoms with van der Waals surface area (Å²) in [6.45, 7) is 5.21. The van der Waals surface area contributed by atoms with Gasteiger partial charge in [-0.05, 0) is 24.8 Å². The van der Waals surface area contributed by atoms with Crippen molar-refractivity contribution in [2.75, 3.05) is 5.73 Å². The molecule has 1 unspecified atom stereocenters. The van der Waals surface area contributed by atoms with Crippen molar-refractivity contribution >= 4 is 5.95 Å². The molecule has 90 valence electrons. The van der Waals surface area contributed by atoms with Gasteiger partial charge >= 0.3 is 0 Å². The first-order valence-corrected chi connectivity index (χ1v) is 6.01. The molecule has 1 atom stereocenters. The molecule has 0 fully saturated rings. The van der Waals surface area contributed by atoms with Gasteiger partial charge in [-0.2, -0.15) is 0 Å². The van der Waals surface area contributed by atoms with Crippen molar-refractivity contribution in [1.82, 2.24) is 9.55 Å². The van der Waals surface area contributed by atoms with Crippen LogP contribution in [0.1, 0.15) is 30.5 Å². The second-order valence-corrected chi connectivity index (χ2v) is 4.51. The largest absolute Gasteiger partial charge is 0.369 e. The van der Waals surface area contributed by atoms with Crippen LogP contribution in [0.15, 0.2) is 36.5 Å². The third-order valence-electron chi connectivity index (χ3n) is 3.24. The molecule has 1 aromatic carbocycles. The molecule has 0 saturated carbocycles. The van der Waals surface area contributed by atoms with Gasteiger partial charge in [0.15, 0.2) is 5.95 Å². The Bertz CT molecular complexity index is 454. The fourth-order valence-corrected chi connectivity index (χ4v) is 2.04. The molecule has 0 saturated heterocycles. The topological polar surface area (TPSA) is 43.8 Å². The maximum absolute atomic E-state index is 5.82. The van der Waals surface area contributed by atoms with E-state index in [0.717, 1.165) is 18.7 Å². The maximum atomic E-state index is 5.82. The summed E-state index contributed by atoms with van der Waals surface area (Å²) in [7, 11) is 0. The van der Waals surface area contributed by atoms with Gasteiger partial charge in [-0.25, -0.2) is 4.98 Å². The van der Waals surface area contributed by atoms with Crippen LogP contribution in [0.4, 0.5) is 5.95 Å². The van der Waals surface area contributed by atoms with Crippen LogP contribution in [-0.4, -0.2) is 9.55 Å². The van der Waals surface area contributed by atoms with Gasteiger partial charge in [0.25, 0.3) is 0 Å². The predicted molar refractivity (Wildman–Crippen MR) is 70.9 cm³/mol. The van der Waals surface area contributed by atoms with E-state index in [4.69, 9.17) is 5.73 Å². The third-order valence-corrected chi connectivity index (χ3v) is 3.24. The van der Waals surface area contributed by atoms with Crippen LogP contribution < -0.4 is 5.73 Å². The quantitative estimate of drug-likeness (QED) is 0.876. The van der Waals surface area contributed by atoms with Crippen molar-refractivity contribution in [3.05, 3.63) is 47.8 Å². The van der Waals surface area contributed by atoms with Gasteiger partial charge in [0.05, 0.1) is 6.20 Å². The third kappa shape index (κ3) is 2.67. The molecule has 2 N–H and O–H groups in total. The zero-order valence-corrected chi connectivity index (χ0v) is 10.4. The van der Waals surface area contributed by atoms with E-state index < -0.39 is 0 Å². The van der Waals surface area contributed by atoms with Crippen LogP contribution in [0.5, 0.6) is 0 Å². The molecule has 0 aliphatic carbocycles. The number of imidazole rings is 1. The van der Waals surface area contributed by atoms with Gasteiger partial charge in [0, 0.05) is 12.2 Å². The van der Waals surface area contributed by atoms with Gasteiger partial charge in [0.1, 0.15) is 0 Å². The van der Waals surface area contributed by atoms with Crippen LogP contribution in [0.3, 0.4) is 0 Å². The molecule has 0 spiro atoms. The molecule has 0 aliphatic rings. The Labute approximate surface area is 102 Å². The van der Waals surface area contributed by atoms with E-state index in [1.54, 1.807) is 0 Å². The molecule has 3 nitrogen and oxygen atoms in total. The van der Waals surface area contributed by atoms with Crippen LogP contribution in [0.25, 0.3) is 0 Å². The number of benzene rings is 1. The normalized spacial score (nSPS) is 12.6. The number of aromatic nitrogens is 2. The number of rotatable bonds is 4. The first kappa shape index (κ1) is 11.7. The SMILES string of the molecule is Cc1cnc(N)n1CCC(C)c1ccccc1. The van der Waals surface area contributed by atoms with Gasteiger partial charge in [0.2, 0.25) is 0 Å². The highest BCUT2D eigenvalue weighted by Crippen LogP contribution is 2.20. The second kappa shape index (κ2) is 5.04. The molecule has 2 rings (SSSR count). The molecule has 17 heavy (non-hydrogen) atoms. The first-order valence-electron chi connectivity index (χ1n) is 6.01. The Hall–Kier alpha value is -1.77.